The van der Waals surface area contributed by atoms with Gasteiger partial charge in [-0.15, -0.1) is 0 Å². The Hall–Kier alpha value is -3.51. The Kier molecular flexibility index (Phi) is 12.7. The summed E-state index contributed by atoms with van der Waals surface area (Å²) in [6.45, 7) is 1.25. The number of hydrogen-bond donors (Lipinski definition) is 5. The Morgan fingerprint density at radius 3 is 2.43 bits per heavy atom. The first-order chi connectivity index (χ1) is 20.1. The quantitative estimate of drug-likeness (QED) is 0.104. The van der Waals surface area contributed by atoms with Crippen LogP contribution in [0.1, 0.15) is 56.9 Å². The molecule has 0 unspecified atom stereocenters. The van der Waals surface area contributed by atoms with E-state index in [1.807, 2.05) is 36.4 Å². The lowest BCUT2D eigenvalue weighted by Crippen LogP contribution is -2.48. The molecule has 3 rings (SSSR count). The highest BCUT2D eigenvalue weighted by molar-refractivity contribution is 9.10. The van der Waals surface area contributed by atoms with E-state index < -0.39 is 29.8 Å². The van der Waals surface area contributed by atoms with E-state index in [0.29, 0.717) is 58.2 Å². The number of amides is 3. The van der Waals surface area contributed by atoms with Crippen LogP contribution in [0.3, 0.4) is 0 Å². The highest BCUT2D eigenvalue weighted by atomic mass is 79.9. The predicted molar refractivity (Wildman–Crippen MR) is 167 cm³/mol. The fourth-order valence-electron chi connectivity index (χ4n) is 5.46. The lowest BCUT2D eigenvalue weighted by molar-refractivity contribution is -0.138. The number of primary amides is 1. The largest absolute Gasteiger partial charge is 0.370 e. The summed E-state index contributed by atoms with van der Waals surface area (Å²) in [6, 6.07) is 10.2. The van der Waals surface area contributed by atoms with Crippen molar-refractivity contribution in [1.29, 1.82) is 0 Å². The number of halogens is 1. The zero-order valence-electron chi connectivity index (χ0n) is 23.9. The molecule has 2 aromatic carbocycles. The molecule has 0 radical (unpaired) electrons. The van der Waals surface area contributed by atoms with Crippen molar-refractivity contribution in [3.05, 3.63) is 46.4 Å². The van der Waals surface area contributed by atoms with Gasteiger partial charge >= 0.3 is 0 Å². The number of rotatable bonds is 16. The van der Waals surface area contributed by atoms with Crippen LogP contribution in [0, 0.1) is 5.92 Å². The topological polar surface area (TPSA) is 200 Å². The molecule has 228 valence electrons. The van der Waals surface area contributed by atoms with Gasteiger partial charge < -0.3 is 33.2 Å². The van der Waals surface area contributed by atoms with Gasteiger partial charge in [-0.3, -0.25) is 24.2 Å². The summed E-state index contributed by atoms with van der Waals surface area (Å²) in [7, 11) is 0. The first-order valence-electron chi connectivity index (χ1n) is 14.5. The summed E-state index contributed by atoms with van der Waals surface area (Å²) in [6.07, 6.45) is 3.89. The second kappa shape index (κ2) is 16.2. The molecule has 1 aliphatic heterocycles. The summed E-state index contributed by atoms with van der Waals surface area (Å²) in [5, 5.41) is 4.73. The van der Waals surface area contributed by atoms with E-state index in [9.17, 15) is 19.2 Å². The minimum Gasteiger partial charge on any atom is -0.370 e. The molecule has 11 nitrogen and oxygen atoms in total. The number of hydrogen-bond acceptors (Lipinski definition) is 6. The summed E-state index contributed by atoms with van der Waals surface area (Å²) in [4.78, 5) is 57.9. The van der Waals surface area contributed by atoms with E-state index in [-0.39, 0.29) is 36.9 Å². The molecule has 1 saturated heterocycles. The highest BCUT2D eigenvalue weighted by Crippen LogP contribution is 2.29. The minimum absolute atomic E-state index is 0.0362. The number of nitrogens with two attached hydrogens (primary N) is 4. The zero-order valence-corrected chi connectivity index (χ0v) is 25.5. The van der Waals surface area contributed by atoms with Crippen molar-refractivity contribution >= 4 is 56.2 Å². The molecule has 1 fully saturated rings. The lowest BCUT2D eigenvalue weighted by Gasteiger charge is -2.26. The number of Topliss-reactive ketones (excluding diaryl/α,β-unsaturated/α-hetero) is 1. The molecule has 0 spiro atoms. The Labute approximate surface area is 254 Å². The monoisotopic (exact) mass is 643 g/mol. The summed E-state index contributed by atoms with van der Waals surface area (Å²) >= 11 is 3.57. The van der Waals surface area contributed by atoms with Gasteiger partial charge in [-0.05, 0) is 67.5 Å². The maximum absolute atomic E-state index is 13.6. The van der Waals surface area contributed by atoms with Crippen molar-refractivity contribution in [2.75, 3.05) is 19.6 Å². The maximum Gasteiger partial charge on any atom is 0.240 e. The Morgan fingerprint density at radius 2 is 1.74 bits per heavy atom. The van der Waals surface area contributed by atoms with E-state index in [4.69, 9.17) is 22.9 Å². The average Bonchev–Trinajstić information content (AvgIpc) is 3.46. The van der Waals surface area contributed by atoms with Gasteiger partial charge in [0.2, 0.25) is 17.7 Å². The van der Waals surface area contributed by atoms with Crippen molar-refractivity contribution in [3.63, 3.8) is 0 Å². The van der Waals surface area contributed by atoms with Gasteiger partial charge in [0.15, 0.2) is 11.7 Å². The first kappa shape index (κ1) is 33.0. The normalized spacial score (nSPS) is 16.1. The molecule has 3 amide bonds. The number of likely N-dealkylation sites (tertiary alicyclic amines) is 1. The summed E-state index contributed by atoms with van der Waals surface area (Å²) in [5.41, 5.74) is 22.8. The van der Waals surface area contributed by atoms with Gasteiger partial charge in [0, 0.05) is 29.9 Å². The molecule has 9 N–H and O–H groups in total. The number of carbonyl (C=O) groups is 4. The van der Waals surface area contributed by atoms with Crippen LogP contribution < -0.4 is 28.3 Å². The molecule has 0 saturated carbocycles. The Morgan fingerprint density at radius 1 is 1.00 bits per heavy atom. The van der Waals surface area contributed by atoms with Crippen molar-refractivity contribution in [2.24, 2.45) is 33.8 Å². The molecule has 1 heterocycles. The number of nitrogens with zero attached hydrogens (tertiary/aromatic N) is 2. The standard InChI is InChI=1S/C30H42BrN7O4/c31-23-13-12-19(21-8-1-2-9-22(21)23)18-27(40)38-16-6-11-25(38)26(39)17-20(7-3-4-14-32)29(42)37-24(28(33)41)10-5-15-36-30(34)35/h1-2,8-9,12-13,20,24-25H,3-7,10-11,14-18,32H2,(H2,33,41)(H,37,42)(H4,34,35,36)/t20-,24+,25+/m1/s1. The number of aliphatic imine (C=N–C) groups is 1. The van der Waals surface area contributed by atoms with Crippen LogP contribution in [-0.4, -0.2) is 66.1 Å². The summed E-state index contributed by atoms with van der Waals surface area (Å²) < 4.78 is 0.954. The van der Waals surface area contributed by atoms with Crippen LogP contribution in [0.4, 0.5) is 0 Å². The van der Waals surface area contributed by atoms with E-state index in [0.717, 1.165) is 20.8 Å². The van der Waals surface area contributed by atoms with Gasteiger partial charge in [0.25, 0.3) is 0 Å². The van der Waals surface area contributed by atoms with Crippen LogP contribution in [0.2, 0.25) is 0 Å². The fourth-order valence-corrected chi connectivity index (χ4v) is 5.94. The molecule has 2 aromatic rings. The maximum atomic E-state index is 13.6. The smallest absolute Gasteiger partial charge is 0.240 e. The molecule has 0 bridgehead atoms. The van der Waals surface area contributed by atoms with Crippen LogP contribution in [0.15, 0.2) is 45.9 Å². The molecular weight excluding hydrogens is 602 g/mol. The van der Waals surface area contributed by atoms with Gasteiger partial charge in [-0.2, -0.15) is 0 Å². The van der Waals surface area contributed by atoms with Gasteiger partial charge in [-0.1, -0.05) is 52.7 Å². The molecule has 12 heteroatoms. The Balaban J connectivity index is 1.68. The number of nitrogens with one attached hydrogen (secondary N) is 1. The van der Waals surface area contributed by atoms with Crippen molar-refractivity contribution in [1.82, 2.24) is 10.2 Å². The van der Waals surface area contributed by atoms with E-state index in [1.165, 1.54) is 0 Å². The van der Waals surface area contributed by atoms with Gasteiger partial charge in [0.05, 0.1) is 12.5 Å². The number of benzene rings is 2. The van der Waals surface area contributed by atoms with E-state index in [2.05, 4.69) is 26.2 Å². The zero-order chi connectivity index (χ0) is 30.6. The molecule has 3 atom stereocenters. The second-order valence-electron chi connectivity index (χ2n) is 10.7. The SMILES string of the molecule is NCCCC[C@H](CC(=O)[C@@H]1CCCN1C(=O)Cc1ccc(Br)c2ccccc12)C(=O)N[C@@H](CCCN=C(N)N)C(N)=O. The van der Waals surface area contributed by atoms with Crippen molar-refractivity contribution < 1.29 is 19.2 Å². The number of unbranched alkanes of at least 4 members (excludes halogenated alkanes) is 1. The summed E-state index contributed by atoms with van der Waals surface area (Å²) in [5.74, 6) is -2.08. The number of guanidine groups is 1. The van der Waals surface area contributed by atoms with Gasteiger partial charge in [0.1, 0.15) is 6.04 Å². The molecular formula is C30H42BrN7O4. The van der Waals surface area contributed by atoms with E-state index >= 15 is 0 Å². The van der Waals surface area contributed by atoms with E-state index in [1.54, 1.807) is 4.90 Å². The fraction of sp³-hybridized carbons (Fsp3) is 0.500. The van der Waals surface area contributed by atoms with Crippen LogP contribution in [0.5, 0.6) is 0 Å². The van der Waals surface area contributed by atoms with Crippen LogP contribution >= 0.6 is 15.9 Å². The van der Waals surface area contributed by atoms with Crippen LogP contribution in [-0.2, 0) is 25.6 Å². The number of fused-ring (bicyclic) bond motifs is 1. The lowest BCUT2D eigenvalue weighted by atomic mass is 9.91. The highest BCUT2D eigenvalue weighted by Gasteiger charge is 2.36. The average molecular weight is 645 g/mol. The molecule has 1 aliphatic rings. The van der Waals surface area contributed by atoms with Crippen molar-refractivity contribution in [3.8, 4) is 0 Å². The van der Waals surface area contributed by atoms with Crippen molar-refractivity contribution in [2.45, 2.75) is 69.9 Å². The minimum atomic E-state index is -0.913. The molecule has 0 aromatic heterocycles. The first-order valence-corrected chi connectivity index (χ1v) is 15.2. The molecule has 0 aliphatic carbocycles. The second-order valence-corrected chi connectivity index (χ2v) is 11.6. The third-order valence-corrected chi connectivity index (χ3v) is 8.37. The number of ketones is 1. The van der Waals surface area contributed by atoms with Gasteiger partial charge in [-0.25, -0.2) is 0 Å². The third-order valence-electron chi connectivity index (χ3n) is 7.68. The molecule has 42 heavy (non-hydrogen) atoms. The Bertz CT molecular complexity index is 1300. The van der Waals surface area contributed by atoms with Crippen LogP contribution in [0.25, 0.3) is 10.8 Å². The third kappa shape index (κ3) is 9.25. The number of carbonyl (C=O) groups excluding carboxylic acids is 4. The predicted octanol–water partition coefficient (Wildman–Crippen LogP) is 1.86.